The molecule has 0 aliphatic heterocycles. The summed E-state index contributed by atoms with van der Waals surface area (Å²) in [5, 5.41) is 8.45. The lowest BCUT2D eigenvalue weighted by Crippen LogP contribution is -2.28. The van der Waals surface area contributed by atoms with E-state index in [-0.39, 0.29) is 23.7 Å². The van der Waals surface area contributed by atoms with Gasteiger partial charge in [-0.1, -0.05) is 12.1 Å². The number of sulfonamides is 1. The predicted molar refractivity (Wildman–Crippen MR) is 73.5 cm³/mol. The molecule has 0 radical (unpaired) electrons. The number of hydrogen-bond acceptors (Lipinski definition) is 4. The molecule has 6 nitrogen and oxygen atoms in total. The lowest BCUT2D eigenvalue weighted by atomic mass is 10.2. The minimum atomic E-state index is -3.61. The van der Waals surface area contributed by atoms with E-state index in [1.54, 1.807) is 36.7 Å². The number of nitrogens with zero attached hydrogens (tertiary/aromatic N) is 1. The molecule has 2 rings (SSSR count). The highest BCUT2D eigenvalue weighted by Crippen LogP contribution is 2.21. The van der Waals surface area contributed by atoms with Crippen LogP contribution in [0.1, 0.15) is 6.42 Å². The van der Waals surface area contributed by atoms with Gasteiger partial charge < -0.3 is 5.73 Å². The fraction of sp³-hybridized carbons (Fsp3) is 0.167. The van der Waals surface area contributed by atoms with Crippen molar-refractivity contribution in [2.24, 2.45) is 5.73 Å². The number of pyridine rings is 1. The Bertz CT molecular complexity index is 707. The number of fused-ring (bicyclic) bond motifs is 1. The monoisotopic (exact) mass is 278 g/mol. The van der Waals surface area contributed by atoms with Gasteiger partial charge in [-0.2, -0.15) is 0 Å². The third-order valence-electron chi connectivity index (χ3n) is 2.62. The van der Waals surface area contributed by atoms with Crippen molar-refractivity contribution in [1.82, 2.24) is 9.71 Å². The zero-order chi connectivity index (χ0) is 13.9. The Morgan fingerprint density at radius 1 is 1.37 bits per heavy atom. The number of nitrogens with one attached hydrogen (secondary N) is 2. The molecule has 1 heterocycles. The topological polar surface area (TPSA) is 109 Å². The average Bonchev–Trinajstić information content (AvgIpc) is 2.37. The highest BCUT2D eigenvalue weighted by Gasteiger charge is 2.16. The van der Waals surface area contributed by atoms with E-state index in [2.05, 4.69) is 9.71 Å². The molecule has 4 N–H and O–H groups in total. The molecule has 0 amide bonds. The Morgan fingerprint density at radius 3 is 2.89 bits per heavy atom. The largest absolute Gasteiger partial charge is 0.388 e. The third-order valence-corrected chi connectivity index (χ3v) is 4.14. The first kappa shape index (κ1) is 13.4. The molecule has 0 atom stereocenters. The van der Waals surface area contributed by atoms with Crippen LogP contribution in [0, 0.1) is 5.41 Å². The number of nitrogens with two attached hydrogens (primary N) is 1. The first-order valence-electron chi connectivity index (χ1n) is 5.66. The van der Waals surface area contributed by atoms with Crippen LogP contribution < -0.4 is 10.5 Å². The fourth-order valence-corrected chi connectivity index (χ4v) is 2.98. The van der Waals surface area contributed by atoms with Gasteiger partial charge in [-0.25, -0.2) is 13.1 Å². The smallest absolute Gasteiger partial charge is 0.241 e. The minimum Gasteiger partial charge on any atom is -0.388 e. The Kier molecular flexibility index (Phi) is 3.77. The average molecular weight is 278 g/mol. The molecule has 0 fully saturated rings. The van der Waals surface area contributed by atoms with E-state index in [9.17, 15) is 8.42 Å². The van der Waals surface area contributed by atoms with Gasteiger partial charge in [0, 0.05) is 36.1 Å². The van der Waals surface area contributed by atoms with Crippen molar-refractivity contribution in [2.45, 2.75) is 11.3 Å². The van der Waals surface area contributed by atoms with Crippen molar-refractivity contribution in [1.29, 1.82) is 5.41 Å². The third kappa shape index (κ3) is 3.07. The van der Waals surface area contributed by atoms with E-state index >= 15 is 0 Å². The maximum absolute atomic E-state index is 12.2. The SMILES string of the molecule is N=C(N)CCNS(=O)(=O)c1cccc2cnccc12. The van der Waals surface area contributed by atoms with Crippen LogP contribution in [-0.4, -0.2) is 25.8 Å². The summed E-state index contributed by atoms with van der Waals surface area (Å²) < 4.78 is 26.8. The Morgan fingerprint density at radius 2 is 2.16 bits per heavy atom. The number of hydrogen-bond donors (Lipinski definition) is 3. The van der Waals surface area contributed by atoms with Gasteiger partial charge >= 0.3 is 0 Å². The van der Waals surface area contributed by atoms with Crippen molar-refractivity contribution in [3.63, 3.8) is 0 Å². The number of benzene rings is 1. The van der Waals surface area contributed by atoms with E-state index in [0.29, 0.717) is 5.39 Å². The molecule has 19 heavy (non-hydrogen) atoms. The van der Waals surface area contributed by atoms with Crippen LogP contribution in [-0.2, 0) is 10.0 Å². The van der Waals surface area contributed by atoms with Gasteiger partial charge in [0.05, 0.1) is 10.7 Å². The summed E-state index contributed by atoms with van der Waals surface area (Å²) in [5.74, 6) is -0.0511. The quantitative estimate of drug-likeness (QED) is 0.556. The van der Waals surface area contributed by atoms with E-state index in [4.69, 9.17) is 11.1 Å². The van der Waals surface area contributed by atoms with Crippen molar-refractivity contribution < 1.29 is 8.42 Å². The molecular weight excluding hydrogens is 264 g/mol. The summed E-state index contributed by atoms with van der Waals surface area (Å²) in [6.07, 6.45) is 3.35. The molecule has 0 spiro atoms. The maximum atomic E-state index is 12.2. The van der Waals surface area contributed by atoms with Crippen LogP contribution in [0.25, 0.3) is 10.8 Å². The molecule has 0 saturated heterocycles. The van der Waals surface area contributed by atoms with Gasteiger partial charge in [-0.15, -0.1) is 0 Å². The molecule has 0 aliphatic rings. The Balaban J connectivity index is 2.35. The first-order valence-corrected chi connectivity index (χ1v) is 7.14. The number of amidine groups is 1. The second-order valence-electron chi connectivity index (χ2n) is 4.03. The highest BCUT2D eigenvalue weighted by molar-refractivity contribution is 7.89. The molecular formula is C12H14N4O2S. The lowest BCUT2D eigenvalue weighted by Gasteiger charge is -2.08. The first-order chi connectivity index (χ1) is 9.00. The number of aromatic nitrogens is 1. The zero-order valence-electron chi connectivity index (χ0n) is 10.1. The van der Waals surface area contributed by atoms with Crippen LogP contribution in [0.3, 0.4) is 0 Å². The van der Waals surface area contributed by atoms with Crippen LogP contribution >= 0.6 is 0 Å². The van der Waals surface area contributed by atoms with Gasteiger partial charge in [0.15, 0.2) is 0 Å². The second-order valence-corrected chi connectivity index (χ2v) is 5.76. The molecule has 0 bridgehead atoms. The van der Waals surface area contributed by atoms with Gasteiger partial charge in [-0.05, 0) is 12.1 Å². The van der Waals surface area contributed by atoms with Gasteiger partial charge in [0.25, 0.3) is 0 Å². The summed E-state index contributed by atoms with van der Waals surface area (Å²) in [5.41, 5.74) is 5.19. The summed E-state index contributed by atoms with van der Waals surface area (Å²) in [6, 6.07) is 6.67. The second kappa shape index (κ2) is 5.33. The normalized spacial score (nSPS) is 11.6. The summed E-state index contributed by atoms with van der Waals surface area (Å²) in [7, 11) is -3.61. The van der Waals surface area contributed by atoms with Crippen molar-refractivity contribution in [3.8, 4) is 0 Å². The van der Waals surface area contributed by atoms with E-state index in [1.165, 1.54) is 0 Å². The molecule has 0 saturated carbocycles. The Hall–Kier alpha value is -1.99. The standard InChI is InChI=1S/C12H14N4O2S/c13-12(14)5-7-16-19(17,18)11-3-1-2-9-8-15-6-4-10(9)11/h1-4,6,8,16H,5,7H2,(H3,13,14). The Labute approximate surface area is 111 Å². The van der Waals surface area contributed by atoms with Gasteiger partial charge in [-0.3, -0.25) is 10.4 Å². The maximum Gasteiger partial charge on any atom is 0.241 e. The van der Waals surface area contributed by atoms with Gasteiger partial charge in [0.1, 0.15) is 0 Å². The molecule has 1 aromatic heterocycles. The summed E-state index contributed by atoms with van der Waals surface area (Å²) >= 11 is 0. The molecule has 7 heteroatoms. The summed E-state index contributed by atoms with van der Waals surface area (Å²) in [4.78, 5) is 4.17. The fourth-order valence-electron chi connectivity index (χ4n) is 1.72. The molecule has 0 unspecified atom stereocenters. The van der Waals surface area contributed by atoms with Crippen LogP contribution in [0.4, 0.5) is 0 Å². The van der Waals surface area contributed by atoms with Crippen molar-refractivity contribution in [2.75, 3.05) is 6.54 Å². The van der Waals surface area contributed by atoms with Crippen LogP contribution in [0.15, 0.2) is 41.6 Å². The van der Waals surface area contributed by atoms with Crippen LogP contribution in [0.5, 0.6) is 0 Å². The zero-order valence-corrected chi connectivity index (χ0v) is 10.9. The van der Waals surface area contributed by atoms with E-state index in [0.717, 1.165) is 5.39 Å². The van der Waals surface area contributed by atoms with Crippen LogP contribution in [0.2, 0.25) is 0 Å². The molecule has 100 valence electrons. The lowest BCUT2D eigenvalue weighted by molar-refractivity contribution is 0.583. The predicted octanol–water partition coefficient (Wildman–Crippen LogP) is 0.839. The highest BCUT2D eigenvalue weighted by atomic mass is 32.2. The molecule has 1 aromatic carbocycles. The van der Waals surface area contributed by atoms with Crippen molar-refractivity contribution >= 4 is 26.6 Å². The molecule has 0 aliphatic carbocycles. The summed E-state index contributed by atoms with van der Waals surface area (Å²) in [6.45, 7) is 0.110. The number of rotatable bonds is 5. The van der Waals surface area contributed by atoms with Gasteiger partial charge in [0.2, 0.25) is 10.0 Å². The minimum absolute atomic E-state index is 0.0511. The molecule has 2 aromatic rings. The van der Waals surface area contributed by atoms with E-state index in [1.807, 2.05) is 0 Å². The van der Waals surface area contributed by atoms with E-state index < -0.39 is 10.0 Å². The van der Waals surface area contributed by atoms with Crippen molar-refractivity contribution in [3.05, 3.63) is 36.7 Å².